The number of hydrogen-bond donors (Lipinski definition) is 0. The van der Waals surface area contributed by atoms with Crippen molar-refractivity contribution < 1.29 is 0 Å². The van der Waals surface area contributed by atoms with E-state index in [0.29, 0.717) is 5.92 Å². The number of benzene rings is 1. The fourth-order valence-electron chi connectivity index (χ4n) is 1.73. The Balaban J connectivity index is 2.04. The van der Waals surface area contributed by atoms with Crippen LogP contribution in [0.25, 0.3) is 0 Å². The van der Waals surface area contributed by atoms with Crippen molar-refractivity contribution in [2.75, 3.05) is 18.5 Å². The van der Waals surface area contributed by atoms with E-state index in [1.54, 1.807) is 0 Å². The van der Waals surface area contributed by atoms with Crippen LogP contribution in [0.1, 0.15) is 0 Å². The molecule has 2 heteroatoms. The Morgan fingerprint density at radius 3 is 2.67 bits per heavy atom. The largest absolute Gasteiger partial charge is 0.374 e. The van der Waals surface area contributed by atoms with Crippen molar-refractivity contribution in [1.29, 1.82) is 0 Å². The van der Waals surface area contributed by atoms with Crippen molar-refractivity contribution in [3.63, 3.8) is 0 Å². The van der Waals surface area contributed by atoms with Crippen molar-refractivity contribution in [2.45, 2.75) is 0 Å². The Kier molecular flexibility index (Phi) is 3.12. The van der Waals surface area contributed by atoms with Gasteiger partial charge in [0.25, 0.3) is 0 Å². The Morgan fingerprint density at radius 1 is 1.27 bits per heavy atom. The number of rotatable bonds is 3. The summed E-state index contributed by atoms with van der Waals surface area (Å²) >= 11 is 5.95. The molecule has 0 amide bonds. The van der Waals surface area contributed by atoms with Gasteiger partial charge in [-0.05, 0) is 18.2 Å². The molecule has 0 saturated heterocycles. The minimum atomic E-state index is 0.522. The second-order valence-electron chi connectivity index (χ2n) is 3.79. The van der Waals surface area contributed by atoms with Crippen LogP contribution in [0.3, 0.4) is 0 Å². The lowest BCUT2D eigenvalue weighted by Crippen LogP contribution is -2.22. The maximum Gasteiger partial charge on any atom is 0.0426 e. The van der Waals surface area contributed by atoms with Gasteiger partial charge in [0.15, 0.2) is 0 Å². The molecule has 0 aromatic heterocycles. The van der Waals surface area contributed by atoms with E-state index in [2.05, 4.69) is 42.3 Å². The molecule has 15 heavy (non-hydrogen) atoms. The van der Waals surface area contributed by atoms with Crippen molar-refractivity contribution in [3.8, 4) is 0 Å². The number of nitrogens with zero attached hydrogens (tertiary/aromatic N) is 1. The summed E-state index contributed by atoms with van der Waals surface area (Å²) in [5, 5.41) is 0.789. The average Bonchev–Trinajstić information content (AvgIpc) is 2.70. The maximum absolute atomic E-state index is 5.95. The van der Waals surface area contributed by atoms with Crippen LogP contribution < -0.4 is 4.90 Å². The molecule has 0 unspecified atom stereocenters. The Labute approximate surface area is 95.7 Å². The third-order valence-electron chi connectivity index (χ3n) is 2.56. The number of hydrogen-bond acceptors (Lipinski definition) is 1. The van der Waals surface area contributed by atoms with Crippen LogP contribution >= 0.6 is 11.6 Å². The highest BCUT2D eigenvalue weighted by molar-refractivity contribution is 6.30. The van der Waals surface area contributed by atoms with E-state index in [9.17, 15) is 0 Å². The molecule has 1 aliphatic carbocycles. The highest BCUT2D eigenvalue weighted by Gasteiger charge is 2.08. The predicted molar refractivity (Wildman–Crippen MR) is 66.5 cm³/mol. The zero-order valence-electron chi connectivity index (χ0n) is 8.73. The van der Waals surface area contributed by atoms with Gasteiger partial charge in [-0.15, -0.1) is 0 Å². The van der Waals surface area contributed by atoms with Crippen LogP contribution in [-0.2, 0) is 0 Å². The van der Waals surface area contributed by atoms with Crippen LogP contribution in [0.15, 0.2) is 48.6 Å². The SMILES string of the molecule is CN(CC1C=CC=C1)c1cccc(Cl)c1. The van der Waals surface area contributed by atoms with Gasteiger partial charge in [-0.2, -0.15) is 0 Å². The molecule has 0 N–H and O–H groups in total. The molecule has 0 heterocycles. The Bertz CT molecular complexity index is 383. The smallest absolute Gasteiger partial charge is 0.0426 e. The topological polar surface area (TPSA) is 3.24 Å². The zero-order chi connectivity index (χ0) is 10.7. The molecule has 1 aromatic rings. The van der Waals surface area contributed by atoms with Gasteiger partial charge in [-0.25, -0.2) is 0 Å². The standard InChI is InChI=1S/C13H14ClN/c1-15(10-11-5-2-3-6-11)13-8-4-7-12(14)9-13/h2-9,11H,10H2,1H3. The van der Waals surface area contributed by atoms with Crippen LogP contribution in [0, 0.1) is 5.92 Å². The monoisotopic (exact) mass is 219 g/mol. The number of halogens is 1. The van der Waals surface area contributed by atoms with Gasteiger partial charge >= 0.3 is 0 Å². The quantitative estimate of drug-likeness (QED) is 0.752. The van der Waals surface area contributed by atoms with E-state index >= 15 is 0 Å². The van der Waals surface area contributed by atoms with Gasteiger partial charge in [0, 0.05) is 30.2 Å². The molecule has 0 spiro atoms. The minimum Gasteiger partial charge on any atom is -0.374 e. The third-order valence-corrected chi connectivity index (χ3v) is 2.80. The molecule has 2 rings (SSSR count). The van der Waals surface area contributed by atoms with Gasteiger partial charge < -0.3 is 4.90 Å². The Morgan fingerprint density at radius 2 is 2.00 bits per heavy atom. The summed E-state index contributed by atoms with van der Waals surface area (Å²) in [4.78, 5) is 2.22. The van der Waals surface area contributed by atoms with Crippen LogP contribution in [0.4, 0.5) is 5.69 Å². The summed E-state index contributed by atoms with van der Waals surface area (Å²) in [6.07, 6.45) is 8.61. The van der Waals surface area contributed by atoms with Gasteiger partial charge in [-0.3, -0.25) is 0 Å². The second-order valence-corrected chi connectivity index (χ2v) is 4.23. The molecule has 1 aromatic carbocycles. The van der Waals surface area contributed by atoms with Crippen molar-refractivity contribution in [2.24, 2.45) is 5.92 Å². The fourth-order valence-corrected chi connectivity index (χ4v) is 1.92. The lowest BCUT2D eigenvalue weighted by molar-refractivity contribution is 0.776. The average molecular weight is 220 g/mol. The molecule has 0 fully saturated rings. The Hall–Kier alpha value is -1.21. The molecule has 0 aliphatic heterocycles. The first-order valence-electron chi connectivity index (χ1n) is 5.07. The van der Waals surface area contributed by atoms with Crippen molar-refractivity contribution in [3.05, 3.63) is 53.6 Å². The molecule has 0 atom stereocenters. The summed E-state index contributed by atoms with van der Waals surface area (Å²) in [6.45, 7) is 0.993. The first kappa shape index (κ1) is 10.3. The highest BCUT2D eigenvalue weighted by atomic mass is 35.5. The summed E-state index contributed by atoms with van der Waals surface area (Å²) in [5.41, 5.74) is 1.16. The van der Waals surface area contributed by atoms with E-state index in [4.69, 9.17) is 11.6 Å². The molecule has 0 bridgehead atoms. The summed E-state index contributed by atoms with van der Waals surface area (Å²) in [7, 11) is 2.09. The third kappa shape index (κ3) is 2.63. The molecule has 0 saturated carbocycles. The highest BCUT2D eigenvalue weighted by Crippen LogP contribution is 2.20. The lowest BCUT2D eigenvalue weighted by Gasteiger charge is -2.21. The lowest BCUT2D eigenvalue weighted by atomic mass is 10.1. The van der Waals surface area contributed by atoms with E-state index in [1.807, 2.05) is 18.2 Å². The van der Waals surface area contributed by atoms with Gasteiger partial charge in [-0.1, -0.05) is 42.0 Å². The van der Waals surface area contributed by atoms with Crippen LogP contribution in [0.2, 0.25) is 5.02 Å². The van der Waals surface area contributed by atoms with E-state index in [0.717, 1.165) is 17.3 Å². The van der Waals surface area contributed by atoms with E-state index < -0.39 is 0 Å². The normalized spacial score (nSPS) is 14.8. The summed E-state index contributed by atoms with van der Waals surface area (Å²) < 4.78 is 0. The van der Waals surface area contributed by atoms with Crippen molar-refractivity contribution >= 4 is 17.3 Å². The van der Waals surface area contributed by atoms with Gasteiger partial charge in [0.05, 0.1) is 0 Å². The fraction of sp³-hybridized carbons (Fsp3) is 0.231. The summed E-state index contributed by atoms with van der Waals surface area (Å²) in [5.74, 6) is 0.522. The summed E-state index contributed by atoms with van der Waals surface area (Å²) in [6, 6.07) is 7.95. The van der Waals surface area contributed by atoms with Crippen LogP contribution in [-0.4, -0.2) is 13.6 Å². The first-order chi connectivity index (χ1) is 7.25. The van der Waals surface area contributed by atoms with Crippen LogP contribution in [0.5, 0.6) is 0 Å². The molecule has 78 valence electrons. The first-order valence-corrected chi connectivity index (χ1v) is 5.45. The number of anilines is 1. The maximum atomic E-state index is 5.95. The predicted octanol–water partition coefficient (Wildman–Crippen LogP) is 3.52. The van der Waals surface area contributed by atoms with E-state index in [1.165, 1.54) is 0 Å². The van der Waals surface area contributed by atoms with Crippen molar-refractivity contribution in [1.82, 2.24) is 0 Å². The van der Waals surface area contributed by atoms with Gasteiger partial charge in [0.1, 0.15) is 0 Å². The van der Waals surface area contributed by atoms with E-state index in [-0.39, 0.29) is 0 Å². The molecule has 0 radical (unpaired) electrons. The molecule has 1 nitrogen and oxygen atoms in total. The second kappa shape index (κ2) is 4.54. The molecular formula is C13H14ClN. The molecular weight excluding hydrogens is 206 g/mol. The molecule has 1 aliphatic rings. The number of allylic oxidation sites excluding steroid dienone is 2. The van der Waals surface area contributed by atoms with Gasteiger partial charge in [0.2, 0.25) is 0 Å². The zero-order valence-corrected chi connectivity index (χ0v) is 9.48. The minimum absolute atomic E-state index is 0.522.